The summed E-state index contributed by atoms with van der Waals surface area (Å²) in [7, 11) is -3.19. The van der Waals surface area contributed by atoms with Crippen LogP contribution in [0.2, 0.25) is 0 Å². The molecule has 0 rings (SSSR count). The van der Waals surface area contributed by atoms with Crippen molar-refractivity contribution in [2.24, 2.45) is 5.73 Å². The van der Waals surface area contributed by atoms with Crippen molar-refractivity contribution in [1.82, 2.24) is 4.72 Å². The number of hydrogen-bond acceptors (Lipinski definition) is 4. The Balaban J connectivity index is 3.65. The predicted octanol–water partition coefficient (Wildman–Crippen LogP) is 0.0697. The standard InChI is InChI=1S/C9H22N2O3S/c1-3-9(10)5-6-11-15(12,13)8-7-14-4-2/h9,11H,3-8,10H2,1-2H3. The molecule has 0 fully saturated rings. The summed E-state index contributed by atoms with van der Waals surface area (Å²) >= 11 is 0. The van der Waals surface area contributed by atoms with Gasteiger partial charge in [-0.05, 0) is 19.8 Å². The lowest BCUT2D eigenvalue weighted by Gasteiger charge is -2.10. The van der Waals surface area contributed by atoms with Gasteiger partial charge in [-0.15, -0.1) is 0 Å². The summed E-state index contributed by atoms with van der Waals surface area (Å²) < 4.78 is 30.2. The van der Waals surface area contributed by atoms with Gasteiger partial charge in [-0.2, -0.15) is 0 Å². The molecule has 0 aromatic rings. The lowest BCUT2D eigenvalue weighted by molar-refractivity contribution is 0.163. The summed E-state index contributed by atoms with van der Waals surface area (Å²) in [6.07, 6.45) is 1.53. The van der Waals surface area contributed by atoms with Gasteiger partial charge in [0.25, 0.3) is 0 Å². The number of sulfonamides is 1. The van der Waals surface area contributed by atoms with Crippen LogP contribution in [0.3, 0.4) is 0 Å². The number of nitrogens with one attached hydrogen (secondary N) is 1. The van der Waals surface area contributed by atoms with Gasteiger partial charge in [0.1, 0.15) is 0 Å². The van der Waals surface area contributed by atoms with Crippen molar-refractivity contribution in [1.29, 1.82) is 0 Å². The Morgan fingerprint density at radius 3 is 2.60 bits per heavy atom. The van der Waals surface area contributed by atoms with Gasteiger partial charge in [0.2, 0.25) is 10.0 Å². The van der Waals surface area contributed by atoms with Gasteiger partial charge in [-0.3, -0.25) is 0 Å². The second-order valence-corrected chi connectivity index (χ2v) is 5.29. The van der Waals surface area contributed by atoms with Crippen LogP contribution in [0.5, 0.6) is 0 Å². The molecule has 0 heterocycles. The maximum atomic E-state index is 11.3. The summed E-state index contributed by atoms with van der Waals surface area (Å²) in [6, 6.07) is 0.0691. The van der Waals surface area contributed by atoms with Crippen molar-refractivity contribution in [2.75, 3.05) is 25.5 Å². The minimum atomic E-state index is -3.19. The highest BCUT2D eigenvalue weighted by Crippen LogP contribution is 1.93. The largest absolute Gasteiger partial charge is 0.381 e. The number of hydrogen-bond donors (Lipinski definition) is 2. The third-order valence-electron chi connectivity index (χ3n) is 2.06. The van der Waals surface area contributed by atoms with Crippen molar-refractivity contribution in [3.8, 4) is 0 Å². The first kappa shape index (κ1) is 14.8. The highest BCUT2D eigenvalue weighted by Gasteiger charge is 2.09. The summed E-state index contributed by atoms with van der Waals surface area (Å²) in [6.45, 7) is 5.00. The van der Waals surface area contributed by atoms with Crippen LogP contribution in [0.15, 0.2) is 0 Å². The smallest absolute Gasteiger partial charge is 0.213 e. The minimum Gasteiger partial charge on any atom is -0.381 e. The van der Waals surface area contributed by atoms with E-state index in [4.69, 9.17) is 10.5 Å². The molecule has 92 valence electrons. The van der Waals surface area contributed by atoms with Crippen molar-refractivity contribution < 1.29 is 13.2 Å². The molecule has 1 atom stereocenters. The van der Waals surface area contributed by atoms with Crippen LogP contribution in [0.25, 0.3) is 0 Å². The van der Waals surface area contributed by atoms with E-state index in [-0.39, 0.29) is 18.4 Å². The second kappa shape index (κ2) is 8.04. The average Bonchev–Trinajstić information content (AvgIpc) is 2.17. The highest BCUT2D eigenvalue weighted by atomic mass is 32.2. The van der Waals surface area contributed by atoms with Crippen molar-refractivity contribution >= 4 is 10.0 Å². The zero-order valence-electron chi connectivity index (χ0n) is 9.53. The van der Waals surface area contributed by atoms with E-state index in [1.165, 1.54) is 0 Å². The Morgan fingerprint density at radius 2 is 2.07 bits per heavy atom. The van der Waals surface area contributed by atoms with Gasteiger partial charge in [0, 0.05) is 19.2 Å². The quantitative estimate of drug-likeness (QED) is 0.557. The molecular formula is C9H22N2O3S. The highest BCUT2D eigenvalue weighted by molar-refractivity contribution is 7.89. The van der Waals surface area contributed by atoms with E-state index >= 15 is 0 Å². The van der Waals surface area contributed by atoms with Crippen LogP contribution in [0, 0.1) is 0 Å². The van der Waals surface area contributed by atoms with Gasteiger partial charge in [0.15, 0.2) is 0 Å². The monoisotopic (exact) mass is 238 g/mol. The predicted molar refractivity (Wildman–Crippen MR) is 61.2 cm³/mol. The van der Waals surface area contributed by atoms with E-state index in [0.717, 1.165) is 6.42 Å². The van der Waals surface area contributed by atoms with Crippen LogP contribution < -0.4 is 10.5 Å². The van der Waals surface area contributed by atoms with Gasteiger partial charge in [-0.1, -0.05) is 6.92 Å². The fourth-order valence-corrected chi connectivity index (χ4v) is 1.90. The molecule has 6 heteroatoms. The summed E-state index contributed by atoms with van der Waals surface area (Å²) in [5.41, 5.74) is 5.66. The van der Waals surface area contributed by atoms with Gasteiger partial charge < -0.3 is 10.5 Å². The van der Waals surface area contributed by atoms with E-state index in [1.54, 1.807) is 0 Å². The summed E-state index contributed by atoms with van der Waals surface area (Å²) in [5, 5.41) is 0. The molecule has 0 spiro atoms. The topological polar surface area (TPSA) is 81.4 Å². The lowest BCUT2D eigenvalue weighted by Crippen LogP contribution is -2.32. The van der Waals surface area contributed by atoms with E-state index in [0.29, 0.717) is 19.6 Å². The fourth-order valence-electron chi connectivity index (χ4n) is 0.989. The van der Waals surface area contributed by atoms with Crippen molar-refractivity contribution in [3.63, 3.8) is 0 Å². The first-order chi connectivity index (χ1) is 7.02. The van der Waals surface area contributed by atoms with Crippen LogP contribution in [-0.4, -0.2) is 40.0 Å². The van der Waals surface area contributed by atoms with Crippen molar-refractivity contribution in [3.05, 3.63) is 0 Å². The van der Waals surface area contributed by atoms with Crippen molar-refractivity contribution in [2.45, 2.75) is 32.7 Å². The fraction of sp³-hybridized carbons (Fsp3) is 1.00. The summed E-state index contributed by atoms with van der Waals surface area (Å²) in [5.74, 6) is 0.0161. The minimum absolute atomic E-state index is 0.0161. The molecule has 5 nitrogen and oxygen atoms in total. The second-order valence-electron chi connectivity index (χ2n) is 3.37. The van der Waals surface area contributed by atoms with E-state index in [1.807, 2.05) is 13.8 Å². The molecule has 0 aliphatic rings. The average molecular weight is 238 g/mol. The number of rotatable bonds is 9. The number of ether oxygens (including phenoxy) is 1. The van der Waals surface area contributed by atoms with E-state index < -0.39 is 10.0 Å². The van der Waals surface area contributed by atoms with Crippen LogP contribution in [0.4, 0.5) is 0 Å². The molecule has 0 amide bonds. The van der Waals surface area contributed by atoms with Crippen LogP contribution >= 0.6 is 0 Å². The Hall–Kier alpha value is -0.170. The van der Waals surface area contributed by atoms with E-state index in [2.05, 4.69) is 4.72 Å². The lowest BCUT2D eigenvalue weighted by atomic mass is 10.2. The first-order valence-corrected chi connectivity index (χ1v) is 6.97. The maximum absolute atomic E-state index is 11.3. The maximum Gasteiger partial charge on any atom is 0.213 e. The number of nitrogens with two attached hydrogens (primary N) is 1. The van der Waals surface area contributed by atoms with Crippen LogP contribution in [-0.2, 0) is 14.8 Å². The molecule has 0 bridgehead atoms. The Morgan fingerprint density at radius 1 is 1.40 bits per heavy atom. The van der Waals surface area contributed by atoms with Gasteiger partial charge in [0.05, 0.1) is 12.4 Å². The van der Waals surface area contributed by atoms with Gasteiger partial charge in [-0.25, -0.2) is 13.1 Å². The molecule has 15 heavy (non-hydrogen) atoms. The Labute approximate surface area is 92.4 Å². The normalized spacial score (nSPS) is 14.1. The van der Waals surface area contributed by atoms with Gasteiger partial charge >= 0.3 is 0 Å². The molecule has 0 aromatic carbocycles. The third kappa shape index (κ3) is 8.80. The zero-order valence-corrected chi connectivity index (χ0v) is 10.3. The molecule has 3 N–H and O–H groups in total. The van der Waals surface area contributed by atoms with Crippen LogP contribution in [0.1, 0.15) is 26.7 Å². The SMILES string of the molecule is CCOCCS(=O)(=O)NCCC(N)CC. The molecule has 0 aliphatic heterocycles. The zero-order chi connectivity index (χ0) is 11.7. The Bertz CT molecular complexity index is 242. The molecular weight excluding hydrogens is 216 g/mol. The third-order valence-corrected chi connectivity index (χ3v) is 3.41. The molecule has 1 unspecified atom stereocenters. The Kier molecular flexibility index (Phi) is 7.95. The molecule has 0 saturated heterocycles. The van der Waals surface area contributed by atoms with E-state index in [9.17, 15) is 8.42 Å². The molecule has 0 aliphatic carbocycles. The first-order valence-electron chi connectivity index (χ1n) is 5.32. The summed E-state index contributed by atoms with van der Waals surface area (Å²) in [4.78, 5) is 0. The molecule has 0 aromatic heterocycles. The molecule has 0 saturated carbocycles. The molecule has 0 radical (unpaired) electrons.